The highest BCUT2D eigenvalue weighted by Crippen LogP contribution is 2.37. The second kappa shape index (κ2) is 12.2. The molecule has 0 spiro atoms. The molecule has 1 unspecified atom stereocenters. The van der Waals surface area contributed by atoms with Gasteiger partial charge in [-0.25, -0.2) is 9.97 Å². The first-order valence-electron chi connectivity index (χ1n) is 10.8. The quantitative estimate of drug-likeness (QED) is 0.271. The van der Waals surface area contributed by atoms with Crippen LogP contribution in [0.15, 0.2) is 48.5 Å². The number of nitrogens with two attached hydrogens (primary N) is 1. The minimum Gasteiger partial charge on any atom is -0.494 e. The van der Waals surface area contributed by atoms with E-state index in [4.69, 9.17) is 37.0 Å². The number of likely N-dealkylation sites (N-methyl/N-ethyl adjacent to an activating group) is 1. The summed E-state index contributed by atoms with van der Waals surface area (Å²) in [7, 11) is 7.09. The highest BCUT2D eigenvalue weighted by atomic mass is 35.5. The van der Waals surface area contributed by atoms with Crippen LogP contribution in [0.1, 0.15) is 5.69 Å². The predicted octanol–water partition coefficient (Wildman–Crippen LogP) is 3.45. The van der Waals surface area contributed by atoms with Gasteiger partial charge in [-0.05, 0) is 32.3 Å². The summed E-state index contributed by atoms with van der Waals surface area (Å²) in [5, 5.41) is 14.4. The van der Waals surface area contributed by atoms with Crippen LogP contribution in [0.5, 0.6) is 11.5 Å². The van der Waals surface area contributed by atoms with Gasteiger partial charge in [0.1, 0.15) is 17.6 Å². The Hall–Kier alpha value is -3.60. The van der Waals surface area contributed by atoms with Crippen LogP contribution >= 0.6 is 11.6 Å². The molecule has 1 aromatic heterocycles. The lowest BCUT2D eigenvalue weighted by Gasteiger charge is -2.23. The van der Waals surface area contributed by atoms with Crippen molar-refractivity contribution in [2.75, 3.05) is 52.5 Å². The second-order valence-electron chi connectivity index (χ2n) is 7.90. The SMILES string of the molecule is COCC(CN(C)C)Oc1cc(OC)c(Nc2ncc(Cl)c(/C(C=N)=C3\C=CC=CN3)n2)cc1N. The van der Waals surface area contributed by atoms with E-state index in [-0.39, 0.29) is 12.1 Å². The number of hydrogen-bond donors (Lipinski definition) is 4. The number of methoxy groups -OCH3 is 2. The van der Waals surface area contributed by atoms with Crippen molar-refractivity contribution in [2.24, 2.45) is 0 Å². The second-order valence-corrected chi connectivity index (χ2v) is 8.30. The van der Waals surface area contributed by atoms with Gasteiger partial charge in [0, 0.05) is 43.4 Å². The third kappa shape index (κ3) is 6.72. The summed E-state index contributed by atoms with van der Waals surface area (Å²) in [6, 6.07) is 3.40. The van der Waals surface area contributed by atoms with Gasteiger partial charge in [-0.15, -0.1) is 0 Å². The molecule has 1 aliphatic rings. The molecule has 0 radical (unpaired) electrons. The van der Waals surface area contributed by atoms with Gasteiger partial charge in [0.25, 0.3) is 0 Å². The van der Waals surface area contributed by atoms with Crippen LogP contribution < -0.4 is 25.8 Å². The number of dihydropyridines is 1. The largest absolute Gasteiger partial charge is 0.494 e. The van der Waals surface area contributed by atoms with Crippen molar-refractivity contribution in [1.29, 1.82) is 5.41 Å². The van der Waals surface area contributed by atoms with E-state index in [9.17, 15) is 0 Å². The lowest BCUT2D eigenvalue weighted by atomic mass is 10.1. The van der Waals surface area contributed by atoms with E-state index in [1.165, 1.54) is 12.4 Å². The summed E-state index contributed by atoms with van der Waals surface area (Å²) in [4.78, 5) is 10.8. The van der Waals surface area contributed by atoms with Crippen LogP contribution in [0, 0.1) is 5.41 Å². The fraction of sp³-hybridized carbons (Fsp3) is 0.292. The predicted molar refractivity (Wildman–Crippen MR) is 140 cm³/mol. The standard InChI is InChI=1S/C24H30ClN7O3/c1-32(2)13-15(14-33-3)35-21-10-22(34-4)20(9-18(21)27)30-24-29-12-17(25)23(31-24)16(11-26)19-7-5-6-8-28-19/h5-12,15,26,28H,13-14,27H2,1-4H3,(H,29,30,31)/b19-16+,26-11?. The van der Waals surface area contributed by atoms with E-state index in [2.05, 4.69) is 20.6 Å². The van der Waals surface area contributed by atoms with Crippen LogP contribution in [-0.2, 0) is 4.74 Å². The molecule has 2 aromatic rings. The first-order valence-corrected chi connectivity index (χ1v) is 11.2. The summed E-state index contributed by atoms with van der Waals surface area (Å²) in [5.41, 5.74) is 8.87. The number of anilines is 3. The smallest absolute Gasteiger partial charge is 0.227 e. The lowest BCUT2D eigenvalue weighted by molar-refractivity contribution is 0.0643. The topological polar surface area (TPSA) is 131 Å². The first-order chi connectivity index (χ1) is 16.9. The van der Waals surface area contributed by atoms with Crippen LogP contribution in [0.3, 0.4) is 0 Å². The molecular formula is C24H30ClN7O3. The summed E-state index contributed by atoms with van der Waals surface area (Å²) >= 11 is 6.37. The number of aromatic nitrogens is 2. The van der Waals surface area contributed by atoms with Crippen molar-refractivity contribution in [3.8, 4) is 11.5 Å². The molecule has 3 rings (SSSR count). The van der Waals surface area contributed by atoms with Gasteiger partial charge in [-0.3, -0.25) is 0 Å². The fourth-order valence-electron chi connectivity index (χ4n) is 3.41. The van der Waals surface area contributed by atoms with E-state index in [0.717, 1.165) is 0 Å². The number of nitrogens with one attached hydrogen (secondary N) is 3. The number of benzene rings is 1. The Morgan fingerprint density at radius 1 is 1.29 bits per heavy atom. The minimum atomic E-state index is -0.215. The highest BCUT2D eigenvalue weighted by molar-refractivity contribution is 6.33. The van der Waals surface area contributed by atoms with E-state index >= 15 is 0 Å². The van der Waals surface area contributed by atoms with Crippen molar-refractivity contribution < 1.29 is 14.2 Å². The van der Waals surface area contributed by atoms with Gasteiger partial charge in [-0.1, -0.05) is 17.7 Å². The zero-order valence-electron chi connectivity index (χ0n) is 20.1. The fourth-order valence-corrected chi connectivity index (χ4v) is 3.61. The molecule has 1 aromatic carbocycles. The molecule has 1 aliphatic heterocycles. The molecule has 0 saturated carbocycles. The van der Waals surface area contributed by atoms with Crippen LogP contribution in [0.2, 0.25) is 5.02 Å². The Bertz CT molecular complexity index is 1150. The average molecular weight is 500 g/mol. The first kappa shape index (κ1) is 26.0. The maximum absolute atomic E-state index is 7.88. The zero-order chi connectivity index (χ0) is 25.4. The molecule has 5 N–H and O–H groups in total. The molecule has 0 fully saturated rings. The molecule has 186 valence electrons. The average Bonchev–Trinajstić information content (AvgIpc) is 2.83. The van der Waals surface area contributed by atoms with Crippen molar-refractivity contribution >= 4 is 40.7 Å². The van der Waals surface area contributed by atoms with Gasteiger partial charge in [-0.2, -0.15) is 0 Å². The van der Waals surface area contributed by atoms with Gasteiger partial charge in [0.2, 0.25) is 5.95 Å². The number of hydrogen-bond acceptors (Lipinski definition) is 10. The Labute approximate surface area is 209 Å². The van der Waals surface area contributed by atoms with E-state index in [0.29, 0.717) is 58.0 Å². The van der Waals surface area contributed by atoms with E-state index in [1.54, 1.807) is 32.6 Å². The third-order valence-electron chi connectivity index (χ3n) is 4.94. The van der Waals surface area contributed by atoms with Gasteiger partial charge in [0.05, 0.1) is 42.0 Å². The number of rotatable bonds is 11. The number of nitrogen functional groups attached to an aromatic ring is 1. The van der Waals surface area contributed by atoms with Crippen molar-refractivity contribution in [3.63, 3.8) is 0 Å². The van der Waals surface area contributed by atoms with Crippen molar-refractivity contribution in [3.05, 3.63) is 59.2 Å². The number of ether oxygens (including phenoxy) is 3. The molecular weight excluding hydrogens is 470 g/mol. The Balaban J connectivity index is 1.91. The highest BCUT2D eigenvalue weighted by Gasteiger charge is 2.18. The van der Waals surface area contributed by atoms with E-state index in [1.807, 2.05) is 37.2 Å². The molecule has 11 heteroatoms. The number of allylic oxidation sites excluding steroid dienone is 4. The Kier molecular flexibility index (Phi) is 9.07. The maximum Gasteiger partial charge on any atom is 0.227 e. The third-order valence-corrected chi connectivity index (χ3v) is 5.21. The monoisotopic (exact) mass is 499 g/mol. The maximum atomic E-state index is 7.88. The zero-order valence-corrected chi connectivity index (χ0v) is 20.9. The normalized spacial score (nSPS) is 14.9. The Morgan fingerprint density at radius 2 is 2.09 bits per heavy atom. The summed E-state index contributed by atoms with van der Waals surface area (Å²) < 4.78 is 16.9. The van der Waals surface area contributed by atoms with Gasteiger partial charge >= 0.3 is 0 Å². The number of nitrogens with zero attached hydrogens (tertiary/aromatic N) is 3. The molecule has 2 heterocycles. The van der Waals surface area contributed by atoms with E-state index < -0.39 is 0 Å². The van der Waals surface area contributed by atoms with Crippen LogP contribution in [0.4, 0.5) is 17.3 Å². The Morgan fingerprint density at radius 3 is 2.71 bits per heavy atom. The minimum absolute atomic E-state index is 0.215. The summed E-state index contributed by atoms with van der Waals surface area (Å²) in [5.74, 6) is 1.23. The van der Waals surface area contributed by atoms with Gasteiger partial charge < -0.3 is 40.9 Å². The summed E-state index contributed by atoms with van der Waals surface area (Å²) in [6.45, 7) is 1.06. The molecule has 0 amide bonds. The van der Waals surface area contributed by atoms with Crippen LogP contribution in [-0.4, -0.2) is 68.7 Å². The molecule has 35 heavy (non-hydrogen) atoms. The molecule has 10 nitrogen and oxygen atoms in total. The van der Waals surface area contributed by atoms with Crippen LogP contribution in [0.25, 0.3) is 5.57 Å². The van der Waals surface area contributed by atoms with Crippen molar-refractivity contribution in [2.45, 2.75) is 6.10 Å². The molecule has 0 aliphatic carbocycles. The summed E-state index contributed by atoms with van der Waals surface area (Å²) in [6.07, 6.45) is 9.76. The lowest BCUT2D eigenvalue weighted by Crippen LogP contribution is -2.34. The molecule has 0 bridgehead atoms. The van der Waals surface area contributed by atoms with Gasteiger partial charge in [0.15, 0.2) is 0 Å². The molecule has 0 saturated heterocycles. The number of halogens is 1. The van der Waals surface area contributed by atoms with Crippen molar-refractivity contribution in [1.82, 2.24) is 20.2 Å². The molecule has 1 atom stereocenters.